The van der Waals surface area contributed by atoms with E-state index in [9.17, 15) is 9.90 Å². The van der Waals surface area contributed by atoms with E-state index in [1.807, 2.05) is 11.4 Å². The number of thiazole rings is 1. The van der Waals surface area contributed by atoms with Gasteiger partial charge < -0.3 is 16.2 Å². The zero-order valence-electron chi connectivity index (χ0n) is 12.8. The van der Waals surface area contributed by atoms with Crippen molar-refractivity contribution in [3.05, 3.63) is 57.9 Å². The number of benzene rings is 2. The molecule has 4 N–H and O–H groups in total. The quantitative estimate of drug-likeness (QED) is 0.589. The van der Waals surface area contributed by atoms with Crippen LogP contribution in [0.25, 0.3) is 22.9 Å². The number of nitrogens with zero attached hydrogens (tertiary/aromatic N) is 1. The minimum atomic E-state index is -0.200. The number of nitrogens with two attached hydrogens (primary N) is 1. The van der Waals surface area contributed by atoms with Crippen molar-refractivity contribution in [2.75, 3.05) is 11.1 Å². The van der Waals surface area contributed by atoms with Crippen molar-refractivity contribution in [2.24, 2.45) is 0 Å². The highest BCUT2D eigenvalue weighted by Crippen LogP contribution is 2.40. The topological polar surface area (TPSA) is 88.2 Å². The van der Waals surface area contributed by atoms with Crippen molar-refractivity contribution in [3.8, 4) is 17.0 Å². The normalized spacial score (nSPS) is 14.6. The third-order valence-electron chi connectivity index (χ3n) is 3.89. The Labute approximate surface area is 152 Å². The Morgan fingerprint density at radius 3 is 2.64 bits per heavy atom. The Hall–Kier alpha value is -2.83. The molecule has 0 saturated carbocycles. The highest BCUT2D eigenvalue weighted by molar-refractivity contribution is 7.13. The second kappa shape index (κ2) is 5.91. The molecule has 4 rings (SSSR count). The SMILES string of the molecule is Nc1nc(-c2cc3c(cc2Cl)NC(=O)/C3=C/c2ccc(O)cc2)cs1. The lowest BCUT2D eigenvalue weighted by atomic mass is 10.0. The van der Waals surface area contributed by atoms with Crippen molar-refractivity contribution < 1.29 is 9.90 Å². The largest absolute Gasteiger partial charge is 0.508 e. The van der Waals surface area contributed by atoms with E-state index in [-0.39, 0.29) is 11.7 Å². The van der Waals surface area contributed by atoms with Crippen LogP contribution in [0.2, 0.25) is 5.02 Å². The van der Waals surface area contributed by atoms with E-state index in [2.05, 4.69) is 10.3 Å². The Morgan fingerprint density at radius 1 is 1.20 bits per heavy atom. The summed E-state index contributed by atoms with van der Waals surface area (Å²) in [5.41, 5.74) is 9.86. The Balaban J connectivity index is 1.83. The number of aromatic nitrogens is 1. The molecule has 2 heterocycles. The summed E-state index contributed by atoms with van der Waals surface area (Å²) in [7, 11) is 0. The van der Waals surface area contributed by atoms with Crippen LogP contribution in [0.4, 0.5) is 10.8 Å². The van der Waals surface area contributed by atoms with Gasteiger partial charge in [0.1, 0.15) is 5.75 Å². The molecule has 7 heteroatoms. The van der Waals surface area contributed by atoms with Gasteiger partial charge in [-0.25, -0.2) is 4.98 Å². The van der Waals surface area contributed by atoms with Gasteiger partial charge in [-0.1, -0.05) is 23.7 Å². The van der Waals surface area contributed by atoms with Gasteiger partial charge >= 0.3 is 0 Å². The summed E-state index contributed by atoms with van der Waals surface area (Å²) in [6, 6.07) is 10.2. The minimum Gasteiger partial charge on any atom is -0.508 e. The predicted octanol–water partition coefficient (Wildman–Crippen LogP) is 4.24. The lowest BCUT2D eigenvalue weighted by Gasteiger charge is -2.06. The second-order valence-corrected chi connectivity index (χ2v) is 6.85. The molecule has 1 amide bonds. The van der Waals surface area contributed by atoms with Gasteiger partial charge in [-0.2, -0.15) is 0 Å². The van der Waals surface area contributed by atoms with E-state index in [1.54, 1.807) is 36.4 Å². The van der Waals surface area contributed by atoms with Crippen LogP contribution >= 0.6 is 22.9 Å². The Morgan fingerprint density at radius 2 is 1.96 bits per heavy atom. The van der Waals surface area contributed by atoms with Crippen LogP contribution in [-0.2, 0) is 4.79 Å². The highest BCUT2D eigenvalue weighted by atomic mass is 35.5. The van der Waals surface area contributed by atoms with Crippen LogP contribution in [0.15, 0.2) is 41.8 Å². The Bertz CT molecular complexity index is 1030. The van der Waals surface area contributed by atoms with Gasteiger partial charge in [0, 0.05) is 22.1 Å². The molecule has 1 aromatic heterocycles. The number of carbonyl (C=O) groups is 1. The molecule has 1 aliphatic rings. The van der Waals surface area contributed by atoms with Crippen LogP contribution in [-0.4, -0.2) is 16.0 Å². The van der Waals surface area contributed by atoms with Crippen LogP contribution in [0.1, 0.15) is 11.1 Å². The average Bonchev–Trinajstić information content (AvgIpc) is 3.12. The van der Waals surface area contributed by atoms with Gasteiger partial charge in [-0.05, 0) is 35.9 Å². The third-order valence-corrected chi connectivity index (χ3v) is 4.88. The van der Waals surface area contributed by atoms with Crippen molar-refractivity contribution in [3.63, 3.8) is 0 Å². The van der Waals surface area contributed by atoms with Crippen LogP contribution < -0.4 is 11.1 Å². The summed E-state index contributed by atoms with van der Waals surface area (Å²) in [4.78, 5) is 16.6. The molecule has 124 valence electrons. The van der Waals surface area contributed by atoms with Gasteiger partial charge in [0.15, 0.2) is 5.13 Å². The number of nitrogens with one attached hydrogen (secondary N) is 1. The molecule has 0 saturated heterocycles. The molecule has 5 nitrogen and oxygen atoms in total. The molecule has 1 aliphatic heterocycles. The van der Waals surface area contributed by atoms with Gasteiger partial charge in [0.2, 0.25) is 0 Å². The number of nitrogen functional groups attached to an aromatic ring is 1. The fraction of sp³-hybridized carbons (Fsp3) is 0. The van der Waals surface area contributed by atoms with Gasteiger partial charge in [0.25, 0.3) is 5.91 Å². The predicted molar refractivity (Wildman–Crippen MR) is 102 cm³/mol. The number of anilines is 2. The van der Waals surface area contributed by atoms with E-state index in [0.29, 0.717) is 27.1 Å². The molecular weight excluding hydrogens is 358 g/mol. The van der Waals surface area contributed by atoms with Crippen LogP contribution in [0, 0.1) is 0 Å². The van der Waals surface area contributed by atoms with E-state index in [1.165, 1.54) is 11.3 Å². The smallest absolute Gasteiger partial charge is 0.256 e. The number of carbonyl (C=O) groups excluding carboxylic acids is 1. The Kier molecular flexibility index (Phi) is 3.71. The van der Waals surface area contributed by atoms with Crippen molar-refractivity contribution in [2.45, 2.75) is 0 Å². The summed E-state index contributed by atoms with van der Waals surface area (Å²) in [5, 5.41) is 15.0. The van der Waals surface area contributed by atoms with E-state index >= 15 is 0 Å². The summed E-state index contributed by atoms with van der Waals surface area (Å²) in [6.07, 6.45) is 1.77. The number of amides is 1. The molecule has 0 bridgehead atoms. The van der Waals surface area contributed by atoms with Gasteiger partial charge in [-0.15, -0.1) is 11.3 Å². The van der Waals surface area contributed by atoms with E-state index < -0.39 is 0 Å². The lowest BCUT2D eigenvalue weighted by Crippen LogP contribution is -2.03. The standard InChI is InChI=1S/C18H12ClN3O2S/c19-14-7-15-11(6-13(14)16-8-25-18(20)22-16)12(17(24)21-15)5-9-1-3-10(23)4-2-9/h1-8,23H,(H2,20,22)(H,21,24)/b12-5+. The number of phenolic OH excluding ortho intramolecular Hbond substituents is 1. The molecule has 0 unspecified atom stereocenters. The van der Waals surface area contributed by atoms with Crippen molar-refractivity contribution in [1.29, 1.82) is 0 Å². The number of fused-ring (bicyclic) bond motifs is 1. The number of rotatable bonds is 2. The molecule has 25 heavy (non-hydrogen) atoms. The van der Waals surface area contributed by atoms with Crippen molar-refractivity contribution >= 4 is 51.3 Å². The summed E-state index contributed by atoms with van der Waals surface area (Å²) >= 11 is 7.68. The maximum Gasteiger partial charge on any atom is 0.256 e. The van der Waals surface area contributed by atoms with Gasteiger partial charge in [0.05, 0.1) is 16.4 Å². The summed E-state index contributed by atoms with van der Waals surface area (Å²) in [6.45, 7) is 0. The fourth-order valence-electron chi connectivity index (χ4n) is 2.70. The molecule has 0 spiro atoms. The molecule has 0 atom stereocenters. The molecule has 0 radical (unpaired) electrons. The number of halogens is 1. The number of hydrogen-bond acceptors (Lipinski definition) is 5. The maximum absolute atomic E-state index is 12.4. The summed E-state index contributed by atoms with van der Waals surface area (Å²) in [5.74, 6) is -0.0253. The first kappa shape index (κ1) is 15.7. The summed E-state index contributed by atoms with van der Waals surface area (Å²) < 4.78 is 0. The first-order valence-corrected chi connectivity index (χ1v) is 8.64. The van der Waals surface area contributed by atoms with Crippen LogP contribution in [0.5, 0.6) is 5.75 Å². The first-order valence-electron chi connectivity index (χ1n) is 7.38. The average molecular weight is 370 g/mol. The molecule has 0 aliphatic carbocycles. The zero-order chi connectivity index (χ0) is 17.6. The number of aromatic hydroxyl groups is 1. The van der Waals surface area contributed by atoms with E-state index in [0.717, 1.165) is 16.7 Å². The molecule has 0 fully saturated rings. The number of phenols is 1. The van der Waals surface area contributed by atoms with Gasteiger partial charge in [-0.3, -0.25) is 4.79 Å². The third kappa shape index (κ3) is 2.86. The lowest BCUT2D eigenvalue weighted by molar-refractivity contribution is -0.110. The minimum absolute atomic E-state index is 0.175. The maximum atomic E-state index is 12.4. The zero-order valence-corrected chi connectivity index (χ0v) is 14.4. The highest BCUT2D eigenvalue weighted by Gasteiger charge is 2.26. The fourth-order valence-corrected chi connectivity index (χ4v) is 3.52. The molecular formula is C18H12ClN3O2S. The van der Waals surface area contributed by atoms with Crippen molar-refractivity contribution in [1.82, 2.24) is 4.98 Å². The molecule has 2 aromatic carbocycles. The number of hydrogen-bond donors (Lipinski definition) is 3. The second-order valence-electron chi connectivity index (χ2n) is 5.55. The van der Waals surface area contributed by atoms with Crippen LogP contribution in [0.3, 0.4) is 0 Å². The van der Waals surface area contributed by atoms with E-state index in [4.69, 9.17) is 17.3 Å². The molecule has 3 aromatic rings. The first-order chi connectivity index (χ1) is 12.0. The monoisotopic (exact) mass is 369 g/mol.